The molecule has 20 heavy (non-hydrogen) atoms. The van der Waals surface area contributed by atoms with Gasteiger partial charge in [0.1, 0.15) is 5.82 Å². The molecule has 5 heteroatoms. The van der Waals surface area contributed by atoms with E-state index in [9.17, 15) is 4.39 Å². The van der Waals surface area contributed by atoms with Crippen LogP contribution in [0.25, 0.3) is 0 Å². The van der Waals surface area contributed by atoms with Crippen molar-refractivity contribution in [1.82, 2.24) is 0 Å². The van der Waals surface area contributed by atoms with Crippen LogP contribution in [0, 0.1) is 12.7 Å². The number of halogens is 1. The third-order valence-electron chi connectivity index (χ3n) is 3.89. The second kappa shape index (κ2) is 5.74. The molecule has 0 unspecified atom stereocenters. The van der Waals surface area contributed by atoms with Gasteiger partial charge in [0.15, 0.2) is 0 Å². The third kappa shape index (κ3) is 2.99. The molecule has 0 atom stereocenters. The molecule has 0 amide bonds. The second-order valence-electron chi connectivity index (χ2n) is 5.82. The van der Waals surface area contributed by atoms with Gasteiger partial charge in [-0.3, -0.25) is 0 Å². The maximum Gasteiger partial charge on any atom is 0.495 e. The molecule has 1 aromatic rings. The first-order valence-electron chi connectivity index (χ1n) is 7.05. The van der Waals surface area contributed by atoms with E-state index in [2.05, 4.69) is 0 Å². The van der Waals surface area contributed by atoms with Gasteiger partial charge in [-0.2, -0.15) is 0 Å². The van der Waals surface area contributed by atoms with Gasteiger partial charge in [0.2, 0.25) is 0 Å². The summed E-state index contributed by atoms with van der Waals surface area (Å²) in [6, 6.07) is 3.00. The Morgan fingerprint density at radius 3 is 1.95 bits per heavy atom. The molecule has 0 saturated carbocycles. The summed E-state index contributed by atoms with van der Waals surface area (Å²) < 4.78 is 25.2. The number of aryl methyl sites for hydroxylation is 1. The highest BCUT2D eigenvalue weighted by Crippen LogP contribution is 2.36. The lowest BCUT2D eigenvalue weighted by molar-refractivity contribution is 0.00578. The van der Waals surface area contributed by atoms with E-state index < -0.39 is 24.1 Å². The fourth-order valence-corrected chi connectivity index (χ4v) is 1.93. The molecular weight excluding hydrogens is 256 g/mol. The van der Waals surface area contributed by atoms with Crippen molar-refractivity contribution in [2.75, 3.05) is 5.73 Å². The standard InChI is InChI=1S/C13H19BFNO2.C2H6/c1-8-6-10(15)11(16)7-9(8)14-17-12(2,3)13(4,5)18-14;1-2/h6-7H,16H2,1-5H3;1-2H3. The van der Waals surface area contributed by atoms with E-state index in [1.54, 1.807) is 6.07 Å². The van der Waals surface area contributed by atoms with Gasteiger partial charge in [-0.05, 0) is 57.8 Å². The molecule has 1 saturated heterocycles. The SMILES string of the molecule is CC.Cc1cc(F)c(N)cc1B1OC(C)(C)C(C)(C)O1. The topological polar surface area (TPSA) is 44.5 Å². The molecule has 1 aliphatic rings. The van der Waals surface area contributed by atoms with Gasteiger partial charge in [0, 0.05) is 0 Å². The van der Waals surface area contributed by atoms with E-state index >= 15 is 0 Å². The first kappa shape index (κ1) is 17.0. The van der Waals surface area contributed by atoms with E-state index in [-0.39, 0.29) is 5.69 Å². The van der Waals surface area contributed by atoms with Crippen molar-refractivity contribution in [1.29, 1.82) is 0 Å². The van der Waals surface area contributed by atoms with Crippen LogP contribution in [0.1, 0.15) is 47.1 Å². The van der Waals surface area contributed by atoms with Gasteiger partial charge in [-0.25, -0.2) is 4.39 Å². The average Bonchev–Trinajstić information content (AvgIpc) is 2.55. The zero-order valence-electron chi connectivity index (χ0n) is 13.5. The van der Waals surface area contributed by atoms with E-state index in [0.29, 0.717) is 0 Å². The van der Waals surface area contributed by atoms with Crippen molar-refractivity contribution < 1.29 is 13.7 Å². The highest BCUT2D eigenvalue weighted by molar-refractivity contribution is 6.62. The lowest BCUT2D eigenvalue weighted by Gasteiger charge is -2.32. The molecule has 1 heterocycles. The molecule has 1 aliphatic heterocycles. The predicted octanol–water partition coefficient (Wildman–Crippen LogP) is 3.04. The first-order valence-corrected chi connectivity index (χ1v) is 7.05. The van der Waals surface area contributed by atoms with E-state index in [1.807, 2.05) is 48.5 Å². The summed E-state index contributed by atoms with van der Waals surface area (Å²) in [5.74, 6) is -0.409. The van der Waals surface area contributed by atoms with Crippen LogP contribution in [0.15, 0.2) is 12.1 Å². The van der Waals surface area contributed by atoms with Crippen molar-refractivity contribution >= 4 is 18.3 Å². The minimum Gasteiger partial charge on any atom is -0.399 e. The Kier molecular flexibility index (Phi) is 4.88. The minimum absolute atomic E-state index is 0.116. The Morgan fingerprint density at radius 1 is 1.05 bits per heavy atom. The van der Waals surface area contributed by atoms with Crippen LogP contribution in [-0.2, 0) is 9.31 Å². The zero-order chi connectivity index (χ0) is 15.7. The molecule has 112 valence electrons. The molecule has 0 spiro atoms. The summed E-state index contributed by atoms with van der Waals surface area (Å²) in [7, 11) is -0.502. The van der Waals surface area contributed by atoms with Crippen LogP contribution in [0.4, 0.5) is 10.1 Å². The minimum atomic E-state index is -0.502. The summed E-state index contributed by atoms with van der Waals surface area (Å²) in [5.41, 5.74) is 6.47. The smallest absolute Gasteiger partial charge is 0.399 e. The Labute approximate surface area is 121 Å². The van der Waals surface area contributed by atoms with Crippen molar-refractivity contribution in [2.24, 2.45) is 0 Å². The molecule has 0 radical (unpaired) electrons. The van der Waals surface area contributed by atoms with Gasteiger partial charge in [-0.15, -0.1) is 0 Å². The Bertz CT molecular complexity index is 473. The van der Waals surface area contributed by atoms with Crippen LogP contribution >= 0.6 is 0 Å². The third-order valence-corrected chi connectivity index (χ3v) is 3.89. The number of nitrogens with two attached hydrogens (primary N) is 1. The highest BCUT2D eigenvalue weighted by Gasteiger charge is 2.52. The van der Waals surface area contributed by atoms with Gasteiger partial charge in [0.25, 0.3) is 0 Å². The number of benzene rings is 1. The van der Waals surface area contributed by atoms with E-state index in [4.69, 9.17) is 15.0 Å². The number of nitrogen functional groups attached to an aromatic ring is 1. The van der Waals surface area contributed by atoms with E-state index in [1.165, 1.54) is 6.07 Å². The van der Waals surface area contributed by atoms with Gasteiger partial charge >= 0.3 is 7.12 Å². The lowest BCUT2D eigenvalue weighted by atomic mass is 9.76. The van der Waals surface area contributed by atoms with Crippen LogP contribution < -0.4 is 11.2 Å². The van der Waals surface area contributed by atoms with Crippen LogP contribution in [0.5, 0.6) is 0 Å². The number of rotatable bonds is 1. The van der Waals surface area contributed by atoms with E-state index in [0.717, 1.165) is 11.0 Å². The zero-order valence-corrected chi connectivity index (χ0v) is 13.5. The highest BCUT2D eigenvalue weighted by atomic mass is 19.1. The quantitative estimate of drug-likeness (QED) is 0.635. The summed E-state index contributed by atoms with van der Waals surface area (Å²) in [6.45, 7) is 13.7. The first-order chi connectivity index (χ1) is 9.14. The normalized spacial score (nSPS) is 19.5. The van der Waals surface area contributed by atoms with Gasteiger partial charge in [0.05, 0.1) is 16.9 Å². The maximum absolute atomic E-state index is 13.3. The molecule has 1 aromatic carbocycles. The molecular formula is C15H25BFNO2. The average molecular weight is 281 g/mol. The van der Waals surface area contributed by atoms with Gasteiger partial charge in [-0.1, -0.05) is 13.8 Å². The van der Waals surface area contributed by atoms with Crippen molar-refractivity contribution in [3.05, 3.63) is 23.5 Å². The number of hydrogen-bond acceptors (Lipinski definition) is 3. The van der Waals surface area contributed by atoms with Crippen molar-refractivity contribution in [3.8, 4) is 0 Å². The summed E-state index contributed by atoms with van der Waals surface area (Å²) >= 11 is 0. The Balaban J connectivity index is 0.000000956. The predicted molar refractivity (Wildman–Crippen MR) is 82.6 cm³/mol. The Morgan fingerprint density at radius 2 is 1.50 bits per heavy atom. The molecule has 0 bridgehead atoms. The number of anilines is 1. The molecule has 0 aliphatic carbocycles. The molecule has 0 aromatic heterocycles. The molecule has 2 N–H and O–H groups in total. The fourth-order valence-electron chi connectivity index (χ4n) is 1.93. The number of hydrogen-bond donors (Lipinski definition) is 1. The largest absolute Gasteiger partial charge is 0.495 e. The van der Waals surface area contributed by atoms with Crippen LogP contribution in [0.2, 0.25) is 0 Å². The van der Waals surface area contributed by atoms with Crippen molar-refractivity contribution in [3.63, 3.8) is 0 Å². The second-order valence-corrected chi connectivity index (χ2v) is 5.82. The van der Waals surface area contributed by atoms with Crippen molar-refractivity contribution in [2.45, 2.75) is 59.7 Å². The lowest BCUT2D eigenvalue weighted by Crippen LogP contribution is -2.41. The molecule has 2 rings (SSSR count). The Hall–Kier alpha value is -1.07. The fraction of sp³-hybridized carbons (Fsp3) is 0.600. The maximum atomic E-state index is 13.3. The van der Waals surface area contributed by atoms with Crippen LogP contribution in [-0.4, -0.2) is 18.3 Å². The molecule has 1 fully saturated rings. The van der Waals surface area contributed by atoms with Crippen LogP contribution in [0.3, 0.4) is 0 Å². The molecule has 3 nitrogen and oxygen atoms in total. The summed E-state index contributed by atoms with van der Waals surface area (Å²) in [4.78, 5) is 0. The summed E-state index contributed by atoms with van der Waals surface area (Å²) in [6.07, 6.45) is 0. The monoisotopic (exact) mass is 281 g/mol. The van der Waals surface area contributed by atoms with Gasteiger partial charge < -0.3 is 15.0 Å². The summed E-state index contributed by atoms with van der Waals surface area (Å²) in [5, 5.41) is 0.